The minimum Gasteiger partial charge on any atom is -0.296 e. The van der Waals surface area contributed by atoms with Crippen LogP contribution in [0.25, 0.3) is 16.9 Å². The van der Waals surface area contributed by atoms with Crippen molar-refractivity contribution in [1.29, 1.82) is 0 Å². The SMILES string of the molecule is O=Cc1cnc2c(-c3ccn[nH]3)cc(C(F)(F)F)cn12. The molecule has 3 rings (SSSR count). The molecule has 0 unspecified atom stereocenters. The van der Waals surface area contributed by atoms with E-state index in [2.05, 4.69) is 15.2 Å². The molecule has 8 heteroatoms. The molecule has 0 bridgehead atoms. The maximum absolute atomic E-state index is 12.9. The second-order valence-electron chi connectivity index (χ2n) is 4.11. The Bertz CT molecular complexity index is 774. The van der Waals surface area contributed by atoms with Gasteiger partial charge in [0.25, 0.3) is 0 Å². The number of H-pyrrole nitrogens is 1. The van der Waals surface area contributed by atoms with Gasteiger partial charge < -0.3 is 0 Å². The standard InChI is InChI=1S/C12H7F3N4O/c13-12(14,15)7-3-9(10-1-2-17-18-10)11-16-4-8(6-20)19(11)5-7/h1-6H,(H,17,18). The van der Waals surface area contributed by atoms with E-state index in [1.165, 1.54) is 18.5 Å². The highest BCUT2D eigenvalue weighted by atomic mass is 19.4. The van der Waals surface area contributed by atoms with Crippen molar-refractivity contribution in [3.8, 4) is 11.3 Å². The maximum atomic E-state index is 12.9. The predicted molar refractivity (Wildman–Crippen MR) is 63.2 cm³/mol. The lowest BCUT2D eigenvalue weighted by Gasteiger charge is -2.10. The molecule has 0 radical (unpaired) electrons. The molecule has 0 atom stereocenters. The van der Waals surface area contributed by atoms with Crippen molar-refractivity contribution in [3.05, 3.63) is 42.0 Å². The first kappa shape index (κ1) is 12.4. The first-order valence-corrected chi connectivity index (χ1v) is 5.54. The predicted octanol–water partition coefficient (Wildman–Crippen LogP) is 2.56. The van der Waals surface area contributed by atoms with Crippen molar-refractivity contribution in [3.63, 3.8) is 0 Å². The number of nitrogens with one attached hydrogen (secondary N) is 1. The van der Waals surface area contributed by atoms with Crippen LogP contribution in [-0.4, -0.2) is 25.9 Å². The molecule has 0 aliphatic rings. The molecule has 20 heavy (non-hydrogen) atoms. The topological polar surface area (TPSA) is 63.0 Å². The van der Waals surface area contributed by atoms with E-state index in [4.69, 9.17) is 0 Å². The summed E-state index contributed by atoms with van der Waals surface area (Å²) in [7, 11) is 0. The molecule has 0 saturated carbocycles. The van der Waals surface area contributed by atoms with Crippen LogP contribution in [0.1, 0.15) is 16.1 Å². The quantitative estimate of drug-likeness (QED) is 0.734. The number of fused-ring (bicyclic) bond motifs is 1. The minimum atomic E-state index is -4.52. The number of hydrogen-bond acceptors (Lipinski definition) is 3. The molecule has 0 aliphatic heterocycles. The van der Waals surface area contributed by atoms with Gasteiger partial charge in [0, 0.05) is 18.0 Å². The van der Waals surface area contributed by atoms with E-state index in [9.17, 15) is 18.0 Å². The summed E-state index contributed by atoms with van der Waals surface area (Å²) in [5.74, 6) is 0. The second kappa shape index (κ2) is 4.19. The Hall–Kier alpha value is -2.64. The minimum absolute atomic E-state index is 0.0480. The Morgan fingerprint density at radius 2 is 2.15 bits per heavy atom. The van der Waals surface area contributed by atoms with Crippen LogP contribution < -0.4 is 0 Å². The molecule has 0 spiro atoms. The Labute approximate surface area is 110 Å². The van der Waals surface area contributed by atoms with Crippen LogP contribution in [0.4, 0.5) is 13.2 Å². The van der Waals surface area contributed by atoms with Gasteiger partial charge >= 0.3 is 6.18 Å². The van der Waals surface area contributed by atoms with E-state index >= 15 is 0 Å². The number of halogens is 3. The molecule has 3 heterocycles. The smallest absolute Gasteiger partial charge is 0.296 e. The summed E-state index contributed by atoms with van der Waals surface area (Å²) in [4.78, 5) is 14.9. The molecule has 0 aliphatic carbocycles. The molecule has 102 valence electrons. The molecule has 0 saturated heterocycles. The zero-order valence-electron chi connectivity index (χ0n) is 9.85. The molecule has 0 aromatic carbocycles. The lowest BCUT2D eigenvalue weighted by atomic mass is 10.1. The van der Waals surface area contributed by atoms with E-state index in [1.54, 1.807) is 0 Å². The number of imidazole rings is 1. The summed E-state index contributed by atoms with van der Waals surface area (Å²) in [5, 5.41) is 6.30. The van der Waals surface area contributed by atoms with Crippen LogP contribution in [0.5, 0.6) is 0 Å². The zero-order chi connectivity index (χ0) is 14.3. The number of carbonyl (C=O) groups is 1. The van der Waals surface area contributed by atoms with Gasteiger partial charge in [0.15, 0.2) is 6.29 Å². The molecular weight excluding hydrogens is 273 g/mol. The molecule has 0 amide bonds. The van der Waals surface area contributed by atoms with Gasteiger partial charge in [-0.2, -0.15) is 18.3 Å². The molecule has 5 nitrogen and oxygen atoms in total. The van der Waals surface area contributed by atoms with Crippen LogP contribution >= 0.6 is 0 Å². The van der Waals surface area contributed by atoms with Crippen LogP contribution in [0, 0.1) is 0 Å². The first-order chi connectivity index (χ1) is 9.50. The summed E-state index contributed by atoms with van der Waals surface area (Å²) in [5.41, 5.74) is 0.0569. The van der Waals surface area contributed by atoms with Gasteiger partial charge in [-0.25, -0.2) is 4.98 Å². The first-order valence-electron chi connectivity index (χ1n) is 5.54. The fourth-order valence-corrected chi connectivity index (χ4v) is 1.95. The maximum Gasteiger partial charge on any atom is 0.417 e. The number of aldehydes is 1. The second-order valence-corrected chi connectivity index (χ2v) is 4.11. The van der Waals surface area contributed by atoms with Crippen LogP contribution in [-0.2, 0) is 6.18 Å². The number of rotatable bonds is 2. The normalized spacial score (nSPS) is 11.9. The number of alkyl halides is 3. The molecular formula is C12H7F3N4O. The fourth-order valence-electron chi connectivity index (χ4n) is 1.95. The highest BCUT2D eigenvalue weighted by Crippen LogP contribution is 2.33. The largest absolute Gasteiger partial charge is 0.417 e. The molecule has 3 aromatic heterocycles. The van der Waals surface area contributed by atoms with Crippen molar-refractivity contribution in [2.45, 2.75) is 6.18 Å². The average Bonchev–Trinajstić information content (AvgIpc) is 3.05. The third-order valence-corrected chi connectivity index (χ3v) is 2.87. The number of aromatic nitrogens is 4. The van der Waals surface area contributed by atoms with Crippen LogP contribution in [0.15, 0.2) is 30.7 Å². The van der Waals surface area contributed by atoms with Crippen molar-refractivity contribution in [2.75, 3.05) is 0 Å². The Kier molecular flexibility index (Phi) is 2.60. The van der Waals surface area contributed by atoms with E-state index in [1.807, 2.05) is 0 Å². The Morgan fingerprint density at radius 1 is 1.35 bits per heavy atom. The van der Waals surface area contributed by atoms with E-state index < -0.39 is 11.7 Å². The lowest BCUT2D eigenvalue weighted by molar-refractivity contribution is -0.137. The van der Waals surface area contributed by atoms with Gasteiger partial charge in [0.05, 0.1) is 17.5 Å². The van der Waals surface area contributed by atoms with Gasteiger partial charge in [-0.1, -0.05) is 0 Å². The van der Waals surface area contributed by atoms with Crippen molar-refractivity contribution >= 4 is 11.9 Å². The van der Waals surface area contributed by atoms with Crippen molar-refractivity contribution in [2.24, 2.45) is 0 Å². The molecule has 0 fully saturated rings. The molecule has 1 N–H and O–H groups in total. The summed E-state index contributed by atoms with van der Waals surface area (Å²) < 4.78 is 39.9. The summed E-state index contributed by atoms with van der Waals surface area (Å²) in [6, 6.07) is 2.51. The zero-order valence-corrected chi connectivity index (χ0v) is 9.85. The van der Waals surface area contributed by atoms with Crippen LogP contribution in [0.3, 0.4) is 0 Å². The number of aromatic amines is 1. The Balaban J connectivity index is 2.38. The number of carbonyl (C=O) groups excluding carboxylic acids is 1. The van der Waals surface area contributed by atoms with Crippen molar-refractivity contribution < 1.29 is 18.0 Å². The van der Waals surface area contributed by atoms with Gasteiger partial charge in [-0.05, 0) is 12.1 Å². The summed E-state index contributed by atoms with van der Waals surface area (Å²) in [6.45, 7) is 0. The summed E-state index contributed by atoms with van der Waals surface area (Å²) in [6.07, 6.45) is -0.561. The third kappa shape index (κ3) is 1.85. The Morgan fingerprint density at radius 3 is 2.75 bits per heavy atom. The summed E-state index contributed by atoms with van der Waals surface area (Å²) >= 11 is 0. The van der Waals surface area contributed by atoms with Gasteiger partial charge in [0.1, 0.15) is 11.3 Å². The van der Waals surface area contributed by atoms with Gasteiger partial charge in [0.2, 0.25) is 0 Å². The van der Waals surface area contributed by atoms with Gasteiger partial charge in [-0.15, -0.1) is 0 Å². The van der Waals surface area contributed by atoms with Gasteiger partial charge in [-0.3, -0.25) is 14.3 Å². The van der Waals surface area contributed by atoms with E-state index in [0.29, 0.717) is 12.0 Å². The van der Waals surface area contributed by atoms with E-state index in [0.717, 1.165) is 16.7 Å². The average molecular weight is 280 g/mol. The lowest BCUT2D eigenvalue weighted by Crippen LogP contribution is -2.08. The van der Waals surface area contributed by atoms with Crippen LogP contribution in [0.2, 0.25) is 0 Å². The van der Waals surface area contributed by atoms with Crippen molar-refractivity contribution in [1.82, 2.24) is 19.6 Å². The third-order valence-electron chi connectivity index (χ3n) is 2.87. The molecule has 3 aromatic rings. The highest BCUT2D eigenvalue weighted by Gasteiger charge is 2.32. The number of nitrogens with zero attached hydrogens (tertiary/aromatic N) is 3. The fraction of sp³-hybridized carbons (Fsp3) is 0.0833. The number of pyridine rings is 1. The monoisotopic (exact) mass is 280 g/mol. The van der Waals surface area contributed by atoms with E-state index in [-0.39, 0.29) is 16.9 Å². The number of hydrogen-bond donors (Lipinski definition) is 1. The highest BCUT2D eigenvalue weighted by molar-refractivity contribution is 5.81.